The van der Waals surface area contributed by atoms with Gasteiger partial charge in [0.25, 0.3) is 5.56 Å². The fourth-order valence-electron chi connectivity index (χ4n) is 2.24. The first kappa shape index (κ1) is 15.4. The summed E-state index contributed by atoms with van der Waals surface area (Å²) in [6, 6.07) is 7.33. The first-order chi connectivity index (χ1) is 11.0. The average molecular weight is 376 g/mol. The van der Waals surface area contributed by atoms with Crippen LogP contribution in [-0.4, -0.2) is 25.2 Å². The Morgan fingerprint density at radius 1 is 1.39 bits per heavy atom. The van der Waals surface area contributed by atoms with Crippen LogP contribution in [0.1, 0.15) is 6.42 Å². The van der Waals surface area contributed by atoms with E-state index in [1.54, 1.807) is 17.8 Å². The predicted octanol–water partition coefficient (Wildman–Crippen LogP) is 1.92. The predicted molar refractivity (Wildman–Crippen MR) is 90.2 cm³/mol. The summed E-state index contributed by atoms with van der Waals surface area (Å²) in [5.41, 5.74) is 1.04. The Hall–Kier alpha value is -2.48. The summed E-state index contributed by atoms with van der Waals surface area (Å²) < 4.78 is 3.85. The van der Waals surface area contributed by atoms with Crippen LogP contribution in [0.4, 0.5) is 5.69 Å². The third-order valence-electron chi connectivity index (χ3n) is 3.41. The van der Waals surface area contributed by atoms with Crippen LogP contribution in [0.3, 0.4) is 0 Å². The van der Waals surface area contributed by atoms with Crippen LogP contribution in [-0.2, 0) is 18.4 Å². The highest BCUT2D eigenvalue weighted by atomic mass is 79.9. The fraction of sp³-hybridized carbons (Fsp3) is 0.200. The number of benzene rings is 1. The lowest BCUT2D eigenvalue weighted by Crippen LogP contribution is -2.23. The molecule has 0 aliphatic carbocycles. The lowest BCUT2D eigenvalue weighted by molar-refractivity contribution is -0.116. The minimum atomic E-state index is -0.196. The van der Waals surface area contributed by atoms with Crippen molar-refractivity contribution in [2.45, 2.75) is 13.0 Å². The Balaban J connectivity index is 1.69. The van der Waals surface area contributed by atoms with Gasteiger partial charge in [-0.2, -0.15) is 5.10 Å². The smallest absolute Gasteiger partial charge is 0.264 e. The number of hydrogen-bond acceptors (Lipinski definition) is 4. The molecule has 7 nitrogen and oxygen atoms in total. The molecule has 1 aromatic carbocycles. The topological polar surface area (TPSA) is 81.8 Å². The number of hydrogen-bond donors (Lipinski definition) is 1. The van der Waals surface area contributed by atoms with Gasteiger partial charge in [0.15, 0.2) is 5.65 Å². The highest BCUT2D eigenvalue weighted by Crippen LogP contribution is 2.15. The van der Waals surface area contributed by atoms with E-state index in [0.29, 0.717) is 16.7 Å². The summed E-state index contributed by atoms with van der Waals surface area (Å²) in [5, 5.41) is 7.25. The minimum Gasteiger partial charge on any atom is -0.326 e. The molecule has 0 saturated carbocycles. The van der Waals surface area contributed by atoms with E-state index in [1.807, 2.05) is 18.2 Å². The highest BCUT2D eigenvalue weighted by Gasteiger charge is 2.09. The van der Waals surface area contributed by atoms with Crippen molar-refractivity contribution in [2.24, 2.45) is 7.05 Å². The normalized spacial score (nSPS) is 10.9. The molecule has 23 heavy (non-hydrogen) atoms. The number of amides is 1. The molecule has 0 spiro atoms. The van der Waals surface area contributed by atoms with Crippen LogP contribution >= 0.6 is 15.9 Å². The largest absolute Gasteiger partial charge is 0.326 e. The molecule has 0 bridgehead atoms. The van der Waals surface area contributed by atoms with Crippen LogP contribution in [0, 0.1) is 0 Å². The minimum absolute atomic E-state index is 0.165. The standard InChI is InChI=1S/C15H14BrN5O2/c1-20-14-12(8-18-20)15(23)21(9-17-14)6-5-13(22)19-11-4-2-3-10(16)7-11/h2-4,7-9H,5-6H2,1H3,(H,19,22). The molecule has 0 aliphatic heterocycles. The maximum atomic E-state index is 12.3. The zero-order valence-electron chi connectivity index (χ0n) is 12.4. The van der Waals surface area contributed by atoms with Crippen molar-refractivity contribution in [2.75, 3.05) is 5.32 Å². The van der Waals surface area contributed by atoms with E-state index in [4.69, 9.17) is 0 Å². The van der Waals surface area contributed by atoms with Gasteiger partial charge in [-0.3, -0.25) is 18.8 Å². The summed E-state index contributed by atoms with van der Waals surface area (Å²) in [4.78, 5) is 28.5. The maximum Gasteiger partial charge on any atom is 0.264 e. The fourth-order valence-corrected chi connectivity index (χ4v) is 2.64. The number of aryl methyl sites for hydroxylation is 2. The number of aromatic nitrogens is 4. The molecule has 118 valence electrons. The molecular weight excluding hydrogens is 362 g/mol. The maximum absolute atomic E-state index is 12.3. The Morgan fingerprint density at radius 3 is 3.00 bits per heavy atom. The molecule has 1 N–H and O–H groups in total. The van der Waals surface area contributed by atoms with Crippen LogP contribution in [0.15, 0.2) is 46.1 Å². The highest BCUT2D eigenvalue weighted by molar-refractivity contribution is 9.10. The van der Waals surface area contributed by atoms with E-state index in [2.05, 4.69) is 31.3 Å². The van der Waals surface area contributed by atoms with E-state index in [9.17, 15) is 9.59 Å². The molecular formula is C15H14BrN5O2. The number of carbonyl (C=O) groups is 1. The van der Waals surface area contributed by atoms with Gasteiger partial charge in [0, 0.05) is 30.2 Å². The first-order valence-electron chi connectivity index (χ1n) is 6.97. The van der Waals surface area contributed by atoms with Crippen LogP contribution in [0.5, 0.6) is 0 Å². The molecule has 0 fully saturated rings. The van der Waals surface area contributed by atoms with Crippen molar-refractivity contribution < 1.29 is 4.79 Å². The summed E-state index contributed by atoms with van der Waals surface area (Å²) in [6.07, 6.45) is 3.11. The summed E-state index contributed by atoms with van der Waals surface area (Å²) in [7, 11) is 1.73. The van der Waals surface area contributed by atoms with Gasteiger partial charge < -0.3 is 5.32 Å². The number of fused-ring (bicyclic) bond motifs is 1. The third-order valence-corrected chi connectivity index (χ3v) is 3.90. The molecule has 0 unspecified atom stereocenters. The van der Waals surface area contributed by atoms with E-state index in [1.165, 1.54) is 17.1 Å². The van der Waals surface area contributed by atoms with Crippen LogP contribution in [0.2, 0.25) is 0 Å². The Morgan fingerprint density at radius 2 is 2.22 bits per heavy atom. The van der Waals surface area contributed by atoms with E-state index >= 15 is 0 Å². The third kappa shape index (κ3) is 3.31. The van der Waals surface area contributed by atoms with Gasteiger partial charge in [0.1, 0.15) is 5.39 Å². The average Bonchev–Trinajstić information content (AvgIpc) is 2.89. The molecule has 0 radical (unpaired) electrons. The second-order valence-electron chi connectivity index (χ2n) is 5.06. The summed E-state index contributed by atoms with van der Waals surface area (Å²) in [6.45, 7) is 0.260. The molecule has 0 aliphatic rings. The van der Waals surface area contributed by atoms with Gasteiger partial charge in [-0.15, -0.1) is 0 Å². The van der Waals surface area contributed by atoms with E-state index in [-0.39, 0.29) is 24.4 Å². The molecule has 8 heteroatoms. The van der Waals surface area contributed by atoms with Gasteiger partial charge in [0.05, 0.1) is 12.5 Å². The van der Waals surface area contributed by atoms with Gasteiger partial charge in [-0.25, -0.2) is 4.98 Å². The number of nitrogens with zero attached hydrogens (tertiary/aromatic N) is 4. The van der Waals surface area contributed by atoms with Crippen molar-refractivity contribution >= 4 is 38.6 Å². The lowest BCUT2D eigenvalue weighted by Gasteiger charge is -2.07. The van der Waals surface area contributed by atoms with E-state index < -0.39 is 0 Å². The van der Waals surface area contributed by atoms with Crippen molar-refractivity contribution in [3.8, 4) is 0 Å². The van der Waals surface area contributed by atoms with Crippen molar-refractivity contribution in [1.29, 1.82) is 0 Å². The van der Waals surface area contributed by atoms with Crippen molar-refractivity contribution in [1.82, 2.24) is 19.3 Å². The van der Waals surface area contributed by atoms with Gasteiger partial charge in [-0.05, 0) is 18.2 Å². The number of nitrogens with one attached hydrogen (secondary N) is 1. The zero-order valence-corrected chi connectivity index (χ0v) is 13.9. The quantitative estimate of drug-likeness (QED) is 0.755. The molecule has 3 rings (SSSR count). The molecule has 0 atom stereocenters. The number of carbonyl (C=O) groups excluding carboxylic acids is 1. The number of halogens is 1. The van der Waals surface area contributed by atoms with Crippen molar-refractivity contribution in [3.63, 3.8) is 0 Å². The summed E-state index contributed by atoms with van der Waals surface area (Å²) in [5.74, 6) is -0.165. The van der Waals surface area contributed by atoms with E-state index in [0.717, 1.165) is 4.47 Å². The molecule has 2 heterocycles. The molecule has 2 aromatic heterocycles. The Kier molecular flexibility index (Phi) is 4.24. The molecule has 3 aromatic rings. The monoisotopic (exact) mass is 375 g/mol. The zero-order chi connectivity index (χ0) is 16.4. The van der Waals surface area contributed by atoms with Crippen LogP contribution in [0.25, 0.3) is 11.0 Å². The number of anilines is 1. The first-order valence-corrected chi connectivity index (χ1v) is 7.76. The second-order valence-corrected chi connectivity index (χ2v) is 5.97. The summed E-state index contributed by atoms with van der Waals surface area (Å²) >= 11 is 3.35. The van der Waals surface area contributed by atoms with Crippen molar-refractivity contribution in [3.05, 3.63) is 51.6 Å². The molecule has 0 saturated heterocycles. The lowest BCUT2D eigenvalue weighted by atomic mass is 10.3. The van der Waals surface area contributed by atoms with Gasteiger partial charge in [0.2, 0.25) is 5.91 Å². The van der Waals surface area contributed by atoms with Gasteiger partial charge in [-0.1, -0.05) is 22.0 Å². The second kappa shape index (κ2) is 6.33. The Labute approximate surface area is 140 Å². The van der Waals surface area contributed by atoms with Crippen LogP contribution < -0.4 is 10.9 Å². The number of rotatable bonds is 4. The Bertz CT molecular complexity index is 931. The SMILES string of the molecule is Cn1ncc2c(=O)n(CCC(=O)Nc3cccc(Br)c3)cnc21. The van der Waals surface area contributed by atoms with Gasteiger partial charge >= 0.3 is 0 Å². The molecule has 1 amide bonds.